The van der Waals surface area contributed by atoms with Crippen molar-refractivity contribution >= 4 is 27.5 Å². The van der Waals surface area contributed by atoms with Crippen molar-refractivity contribution in [1.29, 1.82) is 0 Å². The highest BCUT2D eigenvalue weighted by Gasteiger charge is 2.28. The Kier molecular flexibility index (Phi) is 3.87. The van der Waals surface area contributed by atoms with Gasteiger partial charge in [-0.25, -0.2) is 9.97 Å². The lowest BCUT2D eigenvalue weighted by Gasteiger charge is -2.26. The number of H-pyrrole nitrogens is 2. The monoisotopic (exact) mass is 391 g/mol. The van der Waals surface area contributed by atoms with Gasteiger partial charge in [-0.2, -0.15) is 0 Å². The van der Waals surface area contributed by atoms with Crippen LogP contribution < -0.4 is 5.56 Å². The molecule has 28 heavy (non-hydrogen) atoms. The molecule has 0 saturated heterocycles. The molecular formula is C20H17N5O2S. The summed E-state index contributed by atoms with van der Waals surface area (Å²) in [4.78, 5) is 43.1. The fourth-order valence-corrected chi connectivity index (χ4v) is 4.74. The van der Waals surface area contributed by atoms with Gasteiger partial charge >= 0.3 is 0 Å². The molecule has 0 aliphatic carbocycles. The molecule has 0 fully saturated rings. The number of imidazole rings is 1. The van der Waals surface area contributed by atoms with Crippen molar-refractivity contribution < 1.29 is 4.79 Å². The van der Waals surface area contributed by atoms with Gasteiger partial charge in [-0.15, -0.1) is 11.3 Å². The molecule has 0 saturated carbocycles. The minimum atomic E-state index is -0.209. The number of hydrogen-bond donors (Lipinski definition) is 2. The topological polar surface area (TPSA) is 94.7 Å². The quantitative estimate of drug-likeness (QED) is 0.549. The van der Waals surface area contributed by atoms with Gasteiger partial charge in [0.25, 0.3) is 11.5 Å². The number of carbonyl (C=O) groups is 1. The van der Waals surface area contributed by atoms with Gasteiger partial charge < -0.3 is 14.9 Å². The third kappa shape index (κ3) is 2.65. The Morgan fingerprint density at radius 2 is 2.07 bits per heavy atom. The molecule has 0 spiro atoms. The molecule has 8 heteroatoms. The van der Waals surface area contributed by atoms with E-state index in [4.69, 9.17) is 4.98 Å². The Morgan fingerprint density at radius 1 is 1.25 bits per heavy atom. The number of aryl methyl sites for hydroxylation is 1. The van der Waals surface area contributed by atoms with Gasteiger partial charge in [0.1, 0.15) is 10.7 Å². The van der Waals surface area contributed by atoms with Gasteiger partial charge in [0, 0.05) is 18.5 Å². The van der Waals surface area contributed by atoms with E-state index < -0.39 is 0 Å². The molecule has 1 aromatic carbocycles. The molecule has 140 valence electrons. The van der Waals surface area contributed by atoms with Gasteiger partial charge in [-0.1, -0.05) is 30.3 Å². The summed E-state index contributed by atoms with van der Waals surface area (Å²) < 4.78 is 0. The largest absolute Gasteiger partial charge is 0.340 e. The fourth-order valence-electron chi connectivity index (χ4n) is 3.63. The van der Waals surface area contributed by atoms with Crippen molar-refractivity contribution in [2.45, 2.75) is 19.9 Å². The molecule has 1 aliphatic rings. The van der Waals surface area contributed by atoms with Crippen LogP contribution in [0.2, 0.25) is 0 Å². The third-order valence-electron chi connectivity index (χ3n) is 5.09. The Labute approximate surface area is 164 Å². The molecule has 0 unspecified atom stereocenters. The van der Waals surface area contributed by atoms with Crippen molar-refractivity contribution in [1.82, 2.24) is 24.8 Å². The standard InChI is InChI=1S/C20H17N5O2S/c1-11-15-18(26)21-10-22-19(15)28-16(11)20(27)25-8-7-13-14(9-25)24-17(23-13)12-5-3-2-4-6-12/h2-6,10H,7-9H2,1H3,(H,23,24)(H,21,22,26). The second-order valence-electron chi connectivity index (χ2n) is 6.82. The van der Waals surface area contributed by atoms with Crippen LogP contribution in [0.4, 0.5) is 0 Å². The van der Waals surface area contributed by atoms with Crippen LogP contribution in [0.25, 0.3) is 21.6 Å². The molecule has 0 radical (unpaired) electrons. The molecule has 4 aromatic rings. The lowest BCUT2D eigenvalue weighted by molar-refractivity contribution is 0.0736. The van der Waals surface area contributed by atoms with Crippen LogP contribution in [0.15, 0.2) is 41.5 Å². The number of benzene rings is 1. The summed E-state index contributed by atoms with van der Waals surface area (Å²) >= 11 is 1.28. The van der Waals surface area contributed by atoms with Crippen LogP contribution in [0.5, 0.6) is 0 Å². The van der Waals surface area contributed by atoms with Crippen LogP contribution >= 0.6 is 11.3 Å². The number of aromatic amines is 2. The maximum atomic E-state index is 13.2. The van der Waals surface area contributed by atoms with E-state index in [2.05, 4.69) is 15.0 Å². The fraction of sp³-hybridized carbons (Fsp3) is 0.200. The van der Waals surface area contributed by atoms with E-state index in [0.717, 1.165) is 22.8 Å². The summed E-state index contributed by atoms with van der Waals surface area (Å²) in [5.74, 6) is 0.759. The van der Waals surface area contributed by atoms with Gasteiger partial charge in [0.2, 0.25) is 0 Å². The minimum absolute atomic E-state index is 0.0681. The average molecular weight is 391 g/mol. The summed E-state index contributed by atoms with van der Waals surface area (Å²) in [6.45, 7) is 2.88. The highest BCUT2D eigenvalue weighted by atomic mass is 32.1. The molecule has 0 bridgehead atoms. The maximum absolute atomic E-state index is 13.2. The molecule has 7 nitrogen and oxygen atoms in total. The number of hydrogen-bond acceptors (Lipinski definition) is 5. The van der Waals surface area contributed by atoms with E-state index in [1.165, 1.54) is 17.7 Å². The van der Waals surface area contributed by atoms with Gasteiger partial charge in [0.15, 0.2) is 0 Å². The first-order valence-electron chi connectivity index (χ1n) is 9.01. The number of fused-ring (bicyclic) bond motifs is 2. The highest BCUT2D eigenvalue weighted by molar-refractivity contribution is 7.20. The predicted molar refractivity (Wildman–Crippen MR) is 107 cm³/mol. The number of amides is 1. The molecule has 3 aromatic heterocycles. The first-order chi connectivity index (χ1) is 13.6. The summed E-state index contributed by atoms with van der Waals surface area (Å²) in [5.41, 5.74) is 3.49. The van der Waals surface area contributed by atoms with Crippen molar-refractivity contribution in [3.05, 3.63) is 68.8 Å². The summed E-state index contributed by atoms with van der Waals surface area (Å²) in [5, 5.41) is 0.501. The second kappa shape index (κ2) is 6.42. The van der Waals surface area contributed by atoms with Crippen LogP contribution in [-0.4, -0.2) is 37.3 Å². The lowest BCUT2D eigenvalue weighted by atomic mass is 10.1. The number of carbonyl (C=O) groups excluding carboxylic acids is 1. The Morgan fingerprint density at radius 3 is 2.86 bits per heavy atom. The highest BCUT2D eigenvalue weighted by Crippen LogP contribution is 2.30. The molecule has 2 N–H and O–H groups in total. The predicted octanol–water partition coefficient (Wildman–Crippen LogP) is 2.88. The van der Waals surface area contributed by atoms with Crippen molar-refractivity contribution in [2.75, 3.05) is 6.54 Å². The number of rotatable bonds is 2. The van der Waals surface area contributed by atoms with Crippen LogP contribution in [0, 0.1) is 6.92 Å². The van der Waals surface area contributed by atoms with Crippen molar-refractivity contribution in [3.8, 4) is 11.4 Å². The van der Waals surface area contributed by atoms with Crippen molar-refractivity contribution in [3.63, 3.8) is 0 Å². The van der Waals surface area contributed by atoms with Crippen LogP contribution in [0.3, 0.4) is 0 Å². The zero-order valence-electron chi connectivity index (χ0n) is 15.2. The van der Waals surface area contributed by atoms with E-state index in [1.807, 2.05) is 37.3 Å². The van der Waals surface area contributed by atoms with Crippen molar-refractivity contribution in [2.24, 2.45) is 0 Å². The summed E-state index contributed by atoms with van der Waals surface area (Å²) in [6, 6.07) is 9.95. The van der Waals surface area contributed by atoms with Crippen LogP contribution in [-0.2, 0) is 13.0 Å². The zero-order chi connectivity index (χ0) is 19.3. The molecule has 1 amide bonds. The Balaban J connectivity index is 1.46. The van der Waals surface area contributed by atoms with E-state index >= 15 is 0 Å². The van der Waals surface area contributed by atoms with E-state index in [9.17, 15) is 9.59 Å². The molecule has 0 atom stereocenters. The van der Waals surface area contributed by atoms with Gasteiger partial charge in [-0.05, 0) is 12.5 Å². The Bertz CT molecular complexity index is 1250. The SMILES string of the molecule is Cc1c(C(=O)N2CCc3nc(-c4ccccc4)[nH]c3C2)sc2nc[nH]c(=O)c12. The lowest BCUT2D eigenvalue weighted by Crippen LogP contribution is -2.36. The number of aromatic nitrogens is 4. The Hall–Kier alpha value is -3.26. The molecule has 4 heterocycles. The van der Waals surface area contributed by atoms with E-state index in [-0.39, 0.29) is 11.5 Å². The first kappa shape index (κ1) is 16.9. The van der Waals surface area contributed by atoms with E-state index in [0.29, 0.717) is 40.2 Å². The maximum Gasteiger partial charge on any atom is 0.264 e. The number of nitrogens with zero attached hydrogens (tertiary/aromatic N) is 3. The van der Waals surface area contributed by atoms with Gasteiger partial charge in [-0.3, -0.25) is 9.59 Å². The number of nitrogens with one attached hydrogen (secondary N) is 2. The molecular weight excluding hydrogens is 374 g/mol. The summed E-state index contributed by atoms with van der Waals surface area (Å²) in [7, 11) is 0. The summed E-state index contributed by atoms with van der Waals surface area (Å²) in [6.07, 6.45) is 2.07. The third-order valence-corrected chi connectivity index (χ3v) is 6.28. The normalized spacial score (nSPS) is 13.7. The molecule has 5 rings (SSSR count). The zero-order valence-corrected chi connectivity index (χ0v) is 16.0. The molecule has 1 aliphatic heterocycles. The minimum Gasteiger partial charge on any atom is -0.340 e. The van der Waals surface area contributed by atoms with Crippen LogP contribution in [0.1, 0.15) is 26.6 Å². The van der Waals surface area contributed by atoms with E-state index in [1.54, 1.807) is 4.90 Å². The second-order valence-corrected chi connectivity index (χ2v) is 7.82. The number of thiophene rings is 1. The average Bonchev–Trinajstić information content (AvgIpc) is 3.29. The van der Waals surface area contributed by atoms with Gasteiger partial charge in [0.05, 0.1) is 34.5 Å². The smallest absolute Gasteiger partial charge is 0.264 e. The first-order valence-corrected chi connectivity index (χ1v) is 9.82.